The third-order valence-corrected chi connectivity index (χ3v) is 3.27. The maximum atomic E-state index is 12.3. The number of hydrogen-bond acceptors (Lipinski definition) is 5. The topological polar surface area (TPSA) is 89.9 Å². The van der Waals surface area contributed by atoms with Crippen molar-refractivity contribution in [3.63, 3.8) is 0 Å². The molecule has 0 aliphatic heterocycles. The highest BCUT2D eigenvalue weighted by molar-refractivity contribution is 5.92. The third-order valence-electron chi connectivity index (χ3n) is 3.27. The van der Waals surface area contributed by atoms with Crippen LogP contribution in [0.3, 0.4) is 0 Å². The molecule has 112 valence electrons. The summed E-state index contributed by atoms with van der Waals surface area (Å²) in [5.41, 5.74) is 2.09. The molecular formula is C14H18N4O3. The molecule has 7 heteroatoms. The van der Waals surface area contributed by atoms with Gasteiger partial charge in [-0.25, -0.2) is 9.78 Å². The number of rotatable bonds is 3. The van der Waals surface area contributed by atoms with Gasteiger partial charge in [-0.05, 0) is 27.7 Å². The number of aromatic nitrogens is 4. The largest absolute Gasteiger partial charge is 0.451 e. The fourth-order valence-electron chi connectivity index (χ4n) is 2.14. The van der Waals surface area contributed by atoms with E-state index in [1.807, 2.05) is 0 Å². The van der Waals surface area contributed by atoms with Crippen molar-refractivity contribution in [2.45, 2.75) is 33.8 Å². The summed E-state index contributed by atoms with van der Waals surface area (Å²) in [6, 6.07) is 1.38. The van der Waals surface area contributed by atoms with E-state index in [1.54, 1.807) is 39.4 Å². The van der Waals surface area contributed by atoms with E-state index in [0.717, 1.165) is 5.69 Å². The number of esters is 1. The predicted molar refractivity (Wildman–Crippen MR) is 76.1 cm³/mol. The second-order valence-corrected chi connectivity index (χ2v) is 4.99. The molecule has 0 bridgehead atoms. The zero-order valence-electron chi connectivity index (χ0n) is 12.7. The average Bonchev–Trinajstić information content (AvgIpc) is 2.61. The standard InChI is InChI=1S/C14H18N4O3/c1-7-6-11(19)16-13(15-7)10(4)21-14(20)12-8(2)17-18(5)9(12)3/h6,10H,1-5H3,(H,15,16,19)/t10-/m0/s1. The van der Waals surface area contributed by atoms with Crippen molar-refractivity contribution in [3.8, 4) is 0 Å². The highest BCUT2D eigenvalue weighted by Crippen LogP contribution is 2.18. The Morgan fingerprint density at radius 1 is 1.38 bits per heavy atom. The van der Waals surface area contributed by atoms with Gasteiger partial charge in [-0.1, -0.05) is 0 Å². The van der Waals surface area contributed by atoms with Gasteiger partial charge in [0.1, 0.15) is 11.4 Å². The SMILES string of the molecule is Cc1cc(=O)[nH]c([C@H](C)OC(=O)c2c(C)nn(C)c2C)n1. The van der Waals surface area contributed by atoms with Crippen LogP contribution in [0.2, 0.25) is 0 Å². The van der Waals surface area contributed by atoms with Crippen LogP contribution in [0.25, 0.3) is 0 Å². The molecule has 0 amide bonds. The highest BCUT2D eigenvalue weighted by atomic mass is 16.5. The maximum Gasteiger partial charge on any atom is 0.342 e. The van der Waals surface area contributed by atoms with Gasteiger partial charge in [0.15, 0.2) is 6.10 Å². The molecule has 2 aromatic rings. The summed E-state index contributed by atoms with van der Waals surface area (Å²) in [7, 11) is 1.77. The van der Waals surface area contributed by atoms with Crippen LogP contribution in [0.4, 0.5) is 0 Å². The minimum absolute atomic E-state index is 0.269. The summed E-state index contributed by atoms with van der Waals surface area (Å²) in [5, 5.41) is 4.18. The van der Waals surface area contributed by atoms with Crippen molar-refractivity contribution in [2.75, 3.05) is 0 Å². The first kappa shape index (κ1) is 15.0. The van der Waals surface area contributed by atoms with Gasteiger partial charge < -0.3 is 9.72 Å². The fourth-order valence-corrected chi connectivity index (χ4v) is 2.14. The van der Waals surface area contributed by atoms with E-state index in [9.17, 15) is 9.59 Å². The zero-order valence-corrected chi connectivity index (χ0v) is 12.7. The summed E-state index contributed by atoms with van der Waals surface area (Å²) in [4.78, 5) is 30.4. The Labute approximate surface area is 122 Å². The number of nitrogens with one attached hydrogen (secondary N) is 1. The van der Waals surface area contributed by atoms with E-state index < -0.39 is 12.1 Å². The average molecular weight is 290 g/mol. The molecule has 0 aliphatic rings. The van der Waals surface area contributed by atoms with Gasteiger partial charge in [-0.3, -0.25) is 9.48 Å². The normalized spacial score (nSPS) is 12.2. The Balaban J connectivity index is 2.24. The summed E-state index contributed by atoms with van der Waals surface area (Å²) >= 11 is 0. The van der Waals surface area contributed by atoms with Gasteiger partial charge in [0.2, 0.25) is 0 Å². The number of aryl methyl sites for hydroxylation is 3. The van der Waals surface area contributed by atoms with Gasteiger partial charge in [0, 0.05) is 24.5 Å². The lowest BCUT2D eigenvalue weighted by molar-refractivity contribution is 0.0317. The maximum absolute atomic E-state index is 12.3. The second-order valence-electron chi connectivity index (χ2n) is 4.99. The van der Waals surface area contributed by atoms with Gasteiger partial charge in [-0.2, -0.15) is 5.10 Å². The van der Waals surface area contributed by atoms with Crippen molar-refractivity contribution in [1.29, 1.82) is 0 Å². The molecular weight excluding hydrogens is 272 g/mol. The Morgan fingerprint density at radius 3 is 2.57 bits per heavy atom. The Bertz CT molecular complexity index is 745. The molecule has 0 radical (unpaired) electrons. The molecule has 1 N–H and O–H groups in total. The van der Waals surface area contributed by atoms with Crippen LogP contribution >= 0.6 is 0 Å². The van der Waals surface area contributed by atoms with E-state index in [2.05, 4.69) is 15.1 Å². The quantitative estimate of drug-likeness (QED) is 0.862. The van der Waals surface area contributed by atoms with E-state index in [4.69, 9.17) is 4.74 Å². The van der Waals surface area contributed by atoms with E-state index >= 15 is 0 Å². The number of ether oxygens (including phenoxy) is 1. The van der Waals surface area contributed by atoms with Crippen molar-refractivity contribution in [1.82, 2.24) is 19.7 Å². The molecule has 0 aliphatic carbocycles. The van der Waals surface area contributed by atoms with E-state index in [0.29, 0.717) is 22.8 Å². The minimum atomic E-state index is -0.649. The Hall–Kier alpha value is -2.44. The smallest absolute Gasteiger partial charge is 0.342 e. The lowest BCUT2D eigenvalue weighted by atomic mass is 10.2. The molecule has 2 heterocycles. The fraction of sp³-hybridized carbons (Fsp3) is 0.429. The summed E-state index contributed by atoms with van der Waals surface area (Å²) in [5.74, 6) is -0.151. The van der Waals surface area contributed by atoms with Gasteiger partial charge in [-0.15, -0.1) is 0 Å². The van der Waals surface area contributed by atoms with Crippen molar-refractivity contribution in [3.05, 3.63) is 44.9 Å². The lowest BCUT2D eigenvalue weighted by Gasteiger charge is -2.13. The lowest BCUT2D eigenvalue weighted by Crippen LogP contribution is -2.18. The molecule has 2 aromatic heterocycles. The zero-order chi connectivity index (χ0) is 15.7. The van der Waals surface area contributed by atoms with Crippen LogP contribution in [-0.2, 0) is 11.8 Å². The number of hydrogen-bond donors (Lipinski definition) is 1. The molecule has 0 saturated heterocycles. The summed E-state index contributed by atoms with van der Waals surface area (Å²) < 4.78 is 7.01. The third kappa shape index (κ3) is 3.01. The highest BCUT2D eigenvalue weighted by Gasteiger charge is 2.22. The predicted octanol–water partition coefficient (Wildman–Crippen LogP) is 1.35. The molecule has 1 atom stereocenters. The van der Waals surface area contributed by atoms with Crippen LogP contribution < -0.4 is 5.56 Å². The number of H-pyrrole nitrogens is 1. The van der Waals surface area contributed by atoms with E-state index in [-0.39, 0.29) is 5.56 Å². The minimum Gasteiger partial charge on any atom is -0.451 e. The molecule has 0 aromatic carbocycles. The van der Waals surface area contributed by atoms with Crippen molar-refractivity contribution < 1.29 is 9.53 Å². The molecule has 21 heavy (non-hydrogen) atoms. The second kappa shape index (κ2) is 5.51. The molecule has 2 rings (SSSR count). The molecule has 7 nitrogen and oxygen atoms in total. The van der Waals surface area contributed by atoms with Gasteiger partial charge >= 0.3 is 5.97 Å². The number of aromatic amines is 1. The summed E-state index contributed by atoms with van der Waals surface area (Å²) in [6.45, 7) is 6.93. The first-order valence-corrected chi connectivity index (χ1v) is 6.58. The van der Waals surface area contributed by atoms with Crippen LogP contribution in [0.5, 0.6) is 0 Å². The Morgan fingerprint density at radius 2 is 2.05 bits per heavy atom. The molecule has 0 fully saturated rings. The molecule has 0 saturated carbocycles. The van der Waals surface area contributed by atoms with Crippen LogP contribution in [-0.4, -0.2) is 25.7 Å². The first-order chi connectivity index (χ1) is 9.79. The number of carbonyl (C=O) groups excluding carboxylic acids is 1. The monoisotopic (exact) mass is 290 g/mol. The number of nitrogens with zero attached hydrogens (tertiary/aromatic N) is 3. The molecule has 0 spiro atoms. The summed E-state index contributed by atoms with van der Waals surface area (Å²) in [6.07, 6.45) is -0.649. The molecule has 0 unspecified atom stereocenters. The van der Waals surface area contributed by atoms with Gasteiger partial charge in [0.05, 0.1) is 5.69 Å². The van der Waals surface area contributed by atoms with Crippen LogP contribution in [0.1, 0.15) is 46.3 Å². The van der Waals surface area contributed by atoms with Gasteiger partial charge in [0.25, 0.3) is 5.56 Å². The first-order valence-electron chi connectivity index (χ1n) is 6.58. The van der Waals surface area contributed by atoms with Crippen molar-refractivity contribution in [2.24, 2.45) is 7.05 Å². The number of carbonyl (C=O) groups is 1. The van der Waals surface area contributed by atoms with Crippen molar-refractivity contribution >= 4 is 5.97 Å². The van der Waals surface area contributed by atoms with Crippen LogP contribution in [0, 0.1) is 20.8 Å². The van der Waals surface area contributed by atoms with E-state index in [1.165, 1.54) is 6.07 Å². The van der Waals surface area contributed by atoms with Crippen LogP contribution in [0.15, 0.2) is 10.9 Å². The Kier molecular flexibility index (Phi) is 3.93.